The first-order valence-electron chi connectivity index (χ1n) is 6.80. The van der Waals surface area contributed by atoms with Crippen molar-refractivity contribution in [2.75, 3.05) is 5.73 Å². The van der Waals surface area contributed by atoms with Gasteiger partial charge < -0.3 is 5.73 Å². The lowest BCUT2D eigenvalue weighted by Gasteiger charge is -2.19. The van der Waals surface area contributed by atoms with Crippen LogP contribution < -0.4 is 5.73 Å². The second kappa shape index (κ2) is 5.12. The van der Waals surface area contributed by atoms with E-state index in [-0.39, 0.29) is 11.2 Å². The molecule has 0 aliphatic carbocycles. The number of anilines is 1. The van der Waals surface area contributed by atoms with E-state index in [9.17, 15) is 4.79 Å². The highest BCUT2D eigenvalue weighted by atomic mass is 16.1. The average Bonchev–Trinajstić information content (AvgIpc) is 2.36. The lowest BCUT2D eigenvalue weighted by molar-refractivity contribution is 0.103. The van der Waals surface area contributed by atoms with E-state index in [4.69, 9.17) is 5.73 Å². The molecule has 0 saturated carbocycles. The Hall–Kier alpha value is -2.09. The maximum absolute atomic E-state index is 12.5. The molecule has 0 spiro atoms. The first kappa shape index (κ1) is 14.3. The number of carbonyl (C=O) groups excluding carboxylic acids is 1. The standard InChI is InChI=1S/C18H21NO/c1-12-9-14(11-16(19)10-12)17(20)13-5-7-15(8-6-13)18(2,3)4/h5-11H,19H2,1-4H3. The Balaban J connectivity index is 2.34. The Labute approximate surface area is 120 Å². The van der Waals surface area contributed by atoms with Crippen molar-refractivity contribution >= 4 is 11.5 Å². The molecular weight excluding hydrogens is 246 g/mol. The van der Waals surface area contributed by atoms with Crippen LogP contribution in [0.5, 0.6) is 0 Å². The van der Waals surface area contributed by atoms with E-state index in [2.05, 4.69) is 20.8 Å². The fourth-order valence-electron chi connectivity index (χ4n) is 2.23. The Morgan fingerprint density at radius 2 is 1.55 bits per heavy atom. The van der Waals surface area contributed by atoms with E-state index >= 15 is 0 Å². The number of hydrogen-bond donors (Lipinski definition) is 1. The molecule has 2 heteroatoms. The van der Waals surface area contributed by atoms with Gasteiger partial charge in [0.15, 0.2) is 5.78 Å². The molecule has 0 aromatic heterocycles. The van der Waals surface area contributed by atoms with Gasteiger partial charge in [-0.05, 0) is 41.7 Å². The van der Waals surface area contributed by atoms with Crippen molar-refractivity contribution in [1.82, 2.24) is 0 Å². The molecule has 0 aliphatic heterocycles. The van der Waals surface area contributed by atoms with Crippen LogP contribution in [0.2, 0.25) is 0 Å². The molecular formula is C18H21NO. The van der Waals surface area contributed by atoms with Crippen molar-refractivity contribution in [2.24, 2.45) is 0 Å². The minimum absolute atomic E-state index is 0.0147. The van der Waals surface area contributed by atoms with E-state index in [1.54, 1.807) is 6.07 Å². The van der Waals surface area contributed by atoms with Crippen molar-refractivity contribution in [2.45, 2.75) is 33.1 Å². The highest BCUT2D eigenvalue weighted by molar-refractivity contribution is 6.09. The van der Waals surface area contributed by atoms with Crippen LogP contribution in [0.4, 0.5) is 5.69 Å². The number of carbonyl (C=O) groups is 1. The van der Waals surface area contributed by atoms with E-state index < -0.39 is 0 Å². The lowest BCUT2D eigenvalue weighted by atomic mass is 9.86. The molecule has 0 saturated heterocycles. The summed E-state index contributed by atoms with van der Waals surface area (Å²) in [5, 5.41) is 0. The predicted octanol–water partition coefficient (Wildman–Crippen LogP) is 4.11. The van der Waals surface area contributed by atoms with Crippen molar-refractivity contribution < 1.29 is 4.79 Å². The van der Waals surface area contributed by atoms with Gasteiger partial charge in [-0.3, -0.25) is 4.79 Å². The average molecular weight is 267 g/mol. The van der Waals surface area contributed by atoms with E-state index in [1.807, 2.05) is 43.3 Å². The molecule has 2 N–H and O–H groups in total. The van der Waals surface area contributed by atoms with Gasteiger partial charge in [0.1, 0.15) is 0 Å². The molecule has 0 aliphatic rings. The monoisotopic (exact) mass is 267 g/mol. The Kier molecular flexibility index (Phi) is 3.67. The number of benzene rings is 2. The Morgan fingerprint density at radius 1 is 0.950 bits per heavy atom. The molecule has 0 amide bonds. The largest absolute Gasteiger partial charge is 0.399 e. The van der Waals surface area contributed by atoms with Gasteiger partial charge >= 0.3 is 0 Å². The van der Waals surface area contributed by atoms with Crippen molar-refractivity contribution in [3.8, 4) is 0 Å². The third kappa shape index (κ3) is 3.08. The van der Waals surface area contributed by atoms with Crippen LogP contribution in [0.15, 0.2) is 42.5 Å². The molecule has 0 radical (unpaired) electrons. The van der Waals surface area contributed by atoms with E-state index in [0.717, 1.165) is 5.56 Å². The third-order valence-electron chi connectivity index (χ3n) is 3.37. The predicted molar refractivity (Wildman–Crippen MR) is 84.2 cm³/mol. The number of rotatable bonds is 2. The summed E-state index contributed by atoms with van der Waals surface area (Å²) in [6, 6.07) is 13.3. The molecule has 0 unspecified atom stereocenters. The second-order valence-electron chi connectivity index (χ2n) is 6.29. The molecule has 2 aromatic carbocycles. The van der Waals surface area contributed by atoms with Crippen LogP contribution in [-0.2, 0) is 5.41 Å². The highest BCUT2D eigenvalue weighted by Gasteiger charge is 2.15. The van der Waals surface area contributed by atoms with Crippen LogP contribution in [0.3, 0.4) is 0 Å². The fourth-order valence-corrected chi connectivity index (χ4v) is 2.23. The summed E-state index contributed by atoms with van der Waals surface area (Å²) >= 11 is 0. The van der Waals surface area contributed by atoms with Crippen molar-refractivity contribution in [3.05, 3.63) is 64.7 Å². The van der Waals surface area contributed by atoms with E-state index in [1.165, 1.54) is 5.56 Å². The van der Waals surface area contributed by atoms with Crippen LogP contribution >= 0.6 is 0 Å². The summed E-state index contributed by atoms with van der Waals surface area (Å²) in [5.41, 5.74) is 10.1. The zero-order valence-electron chi connectivity index (χ0n) is 12.5. The molecule has 2 aromatic rings. The Bertz CT molecular complexity index is 613. The van der Waals surface area contributed by atoms with Gasteiger partial charge in [0.2, 0.25) is 0 Å². The molecule has 0 atom stereocenters. The van der Waals surface area contributed by atoms with Gasteiger partial charge in [-0.1, -0.05) is 45.0 Å². The summed E-state index contributed by atoms with van der Waals surface area (Å²) < 4.78 is 0. The summed E-state index contributed by atoms with van der Waals surface area (Å²) in [6.07, 6.45) is 0. The molecule has 104 valence electrons. The zero-order valence-corrected chi connectivity index (χ0v) is 12.5. The Morgan fingerprint density at radius 3 is 2.05 bits per heavy atom. The van der Waals surface area contributed by atoms with Crippen LogP contribution in [0.1, 0.15) is 47.8 Å². The molecule has 20 heavy (non-hydrogen) atoms. The van der Waals surface area contributed by atoms with Gasteiger partial charge in [0, 0.05) is 16.8 Å². The lowest BCUT2D eigenvalue weighted by Crippen LogP contribution is -2.11. The number of nitrogen functional groups attached to an aromatic ring is 1. The minimum atomic E-state index is 0.0147. The smallest absolute Gasteiger partial charge is 0.193 e. The zero-order chi connectivity index (χ0) is 14.9. The quantitative estimate of drug-likeness (QED) is 0.657. The van der Waals surface area contributed by atoms with Gasteiger partial charge in [0.25, 0.3) is 0 Å². The third-order valence-corrected chi connectivity index (χ3v) is 3.37. The van der Waals surface area contributed by atoms with Crippen LogP contribution in [0, 0.1) is 6.92 Å². The summed E-state index contributed by atoms with van der Waals surface area (Å²) in [7, 11) is 0. The van der Waals surface area contributed by atoms with Crippen LogP contribution in [0.25, 0.3) is 0 Å². The number of ketones is 1. The maximum atomic E-state index is 12.5. The minimum Gasteiger partial charge on any atom is -0.399 e. The van der Waals surface area contributed by atoms with Crippen molar-refractivity contribution in [3.63, 3.8) is 0 Å². The fraction of sp³-hybridized carbons (Fsp3) is 0.278. The summed E-state index contributed by atoms with van der Waals surface area (Å²) in [6.45, 7) is 8.41. The first-order chi connectivity index (χ1) is 9.27. The molecule has 0 heterocycles. The molecule has 2 rings (SSSR count). The summed E-state index contributed by atoms with van der Waals surface area (Å²) in [5.74, 6) is 0.0147. The highest BCUT2D eigenvalue weighted by Crippen LogP contribution is 2.23. The number of aryl methyl sites for hydroxylation is 1. The topological polar surface area (TPSA) is 43.1 Å². The van der Waals surface area contributed by atoms with Gasteiger partial charge in [-0.2, -0.15) is 0 Å². The number of hydrogen-bond acceptors (Lipinski definition) is 2. The second-order valence-corrected chi connectivity index (χ2v) is 6.29. The van der Waals surface area contributed by atoms with Crippen molar-refractivity contribution in [1.29, 1.82) is 0 Å². The molecule has 0 bridgehead atoms. The van der Waals surface area contributed by atoms with E-state index in [0.29, 0.717) is 16.8 Å². The molecule has 0 fully saturated rings. The summed E-state index contributed by atoms with van der Waals surface area (Å²) in [4.78, 5) is 12.5. The molecule has 2 nitrogen and oxygen atoms in total. The van der Waals surface area contributed by atoms with Gasteiger partial charge in [-0.15, -0.1) is 0 Å². The van der Waals surface area contributed by atoms with Gasteiger partial charge in [-0.25, -0.2) is 0 Å². The van der Waals surface area contributed by atoms with Crippen LogP contribution in [-0.4, -0.2) is 5.78 Å². The SMILES string of the molecule is Cc1cc(N)cc(C(=O)c2ccc(C(C)(C)C)cc2)c1. The first-order valence-corrected chi connectivity index (χ1v) is 6.80. The van der Waals surface area contributed by atoms with Gasteiger partial charge in [0.05, 0.1) is 0 Å². The maximum Gasteiger partial charge on any atom is 0.193 e. The number of nitrogens with two attached hydrogens (primary N) is 1. The normalized spacial score (nSPS) is 11.4.